The van der Waals surface area contributed by atoms with Crippen LogP contribution in [0.2, 0.25) is 0 Å². The van der Waals surface area contributed by atoms with Crippen LogP contribution in [-0.2, 0) is 48.1 Å². The molecule has 422 valence electrons. The first-order chi connectivity index (χ1) is 39.0. The van der Waals surface area contributed by atoms with E-state index in [0.29, 0.717) is 52.5 Å². The molecule has 4 fully saturated rings. The van der Waals surface area contributed by atoms with Crippen molar-refractivity contribution in [1.82, 2.24) is 53.6 Å². The summed E-state index contributed by atoms with van der Waals surface area (Å²) in [6.45, 7) is 4.97. The van der Waals surface area contributed by atoms with Crippen molar-refractivity contribution in [2.24, 2.45) is 25.9 Å². The number of aromatic nitrogens is 10. The molecule has 0 bridgehead atoms. The first kappa shape index (κ1) is 59.6. The molecule has 1 atom stereocenters. The zero-order chi connectivity index (χ0) is 56.9. The predicted octanol–water partition coefficient (Wildman–Crippen LogP) is 7.57. The molecule has 21 heteroatoms. The van der Waals surface area contributed by atoms with Crippen LogP contribution in [0.3, 0.4) is 0 Å². The molecular weight excluding hydrogens is 1200 g/mol. The van der Waals surface area contributed by atoms with Gasteiger partial charge in [-0.05, 0) is 183 Å². The summed E-state index contributed by atoms with van der Waals surface area (Å²) in [6.07, 6.45) is 22.2. The number of nitrogens with zero attached hydrogens (tertiary/aromatic N) is 10. The topological polar surface area (TPSA) is 202 Å². The molecule has 4 saturated carbocycles. The van der Waals surface area contributed by atoms with E-state index in [1.165, 1.54) is 73.4 Å². The number of unbranched alkanes of at least 4 members (excludes halogenated alkanes) is 1. The molecule has 10 aromatic rings. The van der Waals surface area contributed by atoms with E-state index in [1.54, 1.807) is 26.3 Å². The Balaban J connectivity index is 0.000000157. The Kier molecular flexibility index (Phi) is 18.1. The zero-order valence-corrected chi connectivity index (χ0v) is 53.3. The van der Waals surface area contributed by atoms with Crippen LogP contribution in [0.4, 0.5) is 0 Å². The second-order valence-corrected chi connectivity index (χ2v) is 26.2. The van der Waals surface area contributed by atoms with E-state index in [-0.39, 0.29) is 45.6 Å². The summed E-state index contributed by atoms with van der Waals surface area (Å²) in [5, 5.41) is 23.4. The van der Waals surface area contributed by atoms with Crippen LogP contribution in [0, 0.1) is 15.4 Å². The van der Waals surface area contributed by atoms with Gasteiger partial charge in [0.15, 0.2) is 9.84 Å². The van der Waals surface area contributed by atoms with Gasteiger partial charge in [-0.25, -0.2) is 8.42 Å². The molecule has 4 aliphatic carbocycles. The molecule has 4 aliphatic rings. The average molecular weight is 1260 g/mol. The maximum Gasteiger partial charge on any atom is 1.00 e. The Morgan fingerprint density at radius 3 is 1.46 bits per heavy atom. The summed E-state index contributed by atoms with van der Waals surface area (Å²) in [5.41, 5.74) is 11.1. The van der Waals surface area contributed by atoms with E-state index in [0.717, 1.165) is 91.0 Å². The second kappa shape index (κ2) is 24.9. The molecular formula is C61H67IN11NaO6S2. The maximum absolute atomic E-state index is 14.2. The molecule has 14 rings (SSSR count). The fourth-order valence-electron chi connectivity index (χ4n) is 10.6. The third kappa shape index (κ3) is 13.3. The fraction of sp³-hybridized carbons (Fsp3) is 0.377. The fourth-order valence-corrected chi connectivity index (χ4v) is 12.1. The van der Waals surface area contributed by atoms with Crippen LogP contribution in [0.1, 0.15) is 94.1 Å². The molecule has 82 heavy (non-hydrogen) atoms. The maximum atomic E-state index is 14.2. The second-order valence-electron chi connectivity index (χ2n) is 22.3. The van der Waals surface area contributed by atoms with Gasteiger partial charge in [0.25, 0.3) is 11.1 Å². The van der Waals surface area contributed by atoms with Crippen molar-refractivity contribution < 1.29 is 46.7 Å². The zero-order valence-electron chi connectivity index (χ0n) is 47.5. The van der Waals surface area contributed by atoms with Gasteiger partial charge in [-0.2, -0.15) is 29.8 Å². The smallest absolute Gasteiger partial charge is 0.773 e. The van der Waals surface area contributed by atoms with E-state index < -0.39 is 20.9 Å². The van der Waals surface area contributed by atoms with Gasteiger partial charge in [0.05, 0.1) is 48.1 Å². The summed E-state index contributed by atoms with van der Waals surface area (Å²) in [6, 6.07) is 28.2. The molecule has 0 spiro atoms. The number of nitrogens with one attached hydrogen (secondary N) is 1. The van der Waals surface area contributed by atoms with Gasteiger partial charge in [-0.1, -0.05) is 73.0 Å². The van der Waals surface area contributed by atoms with Crippen molar-refractivity contribution >= 4 is 87.4 Å². The number of benzene rings is 4. The largest absolute Gasteiger partial charge is 1.00 e. The molecule has 0 amide bonds. The average Bonchev–Trinajstić information content (AvgIpc) is 3.32. The summed E-state index contributed by atoms with van der Waals surface area (Å²) in [5.74, 6) is 2.48. The molecule has 0 saturated heterocycles. The van der Waals surface area contributed by atoms with Crippen molar-refractivity contribution in [2.75, 3.05) is 26.1 Å². The van der Waals surface area contributed by atoms with Crippen molar-refractivity contribution in [3.8, 4) is 33.6 Å². The minimum absolute atomic E-state index is 0. The minimum Gasteiger partial charge on any atom is -0.773 e. The van der Waals surface area contributed by atoms with Crippen molar-refractivity contribution in [3.63, 3.8) is 0 Å². The third-order valence-electron chi connectivity index (χ3n) is 15.4. The molecule has 1 N–H and O–H groups in total. The normalized spacial score (nSPS) is 15.4. The van der Waals surface area contributed by atoms with Gasteiger partial charge in [-0.3, -0.25) is 23.2 Å². The molecule has 4 aromatic carbocycles. The predicted molar refractivity (Wildman–Crippen MR) is 329 cm³/mol. The minimum atomic E-state index is -3.59. The molecule has 17 nitrogen and oxygen atoms in total. The van der Waals surface area contributed by atoms with E-state index >= 15 is 0 Å². The summed E-state index contributed by atoms with van der Waals surface area (Å²) < 4.78 is 55.5. The van der Waals surface area contributed by atoms with E-state index in [2.05, 4.69) is 92.2 Å². The molecule has 6 aromatic heterocycles. The molecule has 0 aliphatic heterocycles. The van der Waals surface area contributed by atoms with Crippen molar-refractivity contribution in [2.45, 2.75) is 101 Å². The number of halogens is 1. The number of sulfone groups is 1. The molecule has 6 heterocycles. The van der Waals surface area contributed by atoms with Gasteiger partial charge in [0.2, 0.25) is 0 Å². The number of rotatable bonds is 14. The van der Waals surface area contributed by atoms with Gasteiger partial charge in [0.1, 0.15) is 15.9 Å². The Morgan fingerprint density at radius 2 is 1.07 bits per heavy atom. The van der Waals surface area contributed by atoms with Gasteiger partial charge < -0.3 is 19.0 Å². The standard InChI is InChI=1S/C28H27N5O3S.C27H24IN5O.C5H13N.CH4O2S.Na/c1-31-15-21-13-22(11-12-23(21)29-31)33-28(34)25(20-9-7-19(8-10-20)18-5-6-18)27-26(30-33)24(37(2,35)36)16-32(27)14-17-3-4-17;1-31-14-20-12-21(10-11-23(20)29-31)33-27(34)24(19-8-6-18(7-9-19)17-4-5-17)26-25(30-33)22(28)15-32(26)13-16-2-3-16;1-3-4-5-6-2;1-4(2)3;/h7-13,15-18H,3-6,14H2,1-2H3;6-12,14-17H,2-5,13H2,1H3;6H,3-5H2,1-2H3;1H3,(H,2,3);/q;;;;+1/p-1. The Hall–Kier alpha value is -5.59. The van der Waals surface area contributed by atoms with Gasteiger partial charge in [0, 0.05) is 69.0 Å². The number of hydrogen-bond donors (Lipinski definition) is 1. The Morgan fingerprint density at radius 1 is 0.646 bits per heavy atom. The van der Waals surface area contributed by atoms with Crippen LogP contribution in [0.15, 0.2) is 124 Å². The molecule has 0 radical (unpaired) electrons. The third-order valence-corrected chi connectivity index (χ3v) is 17.3. The van der Waals surface area contributed by atoms with Crippen molar-refractivity contribution in [3.05, 3.63) is 145 Å². The van der Waals surface area contributed by atoms with Crippen LogP contribution < -0.4 is 46.0 Å². The first-order valence-electron chi connectivity index (χ1n) is 27.9. The van der Waals surface area contributed by atoms with Crippen molar-refractivity contribution in [1.29, 1.82) is 0 Å². The summed E-state index contributed by atoms with van der Waals surface area (Å²) in [4.78, 5) is 28.4. The molecule has 1 unspecified atom stereocenters. The van der Waals surface area contributed by atoms with Gasteiger partial charge >= 0.3 is 29.6 Å². The summed E-state index contributed by atoms with van der Waals surface area (Å²) in [7, 11) is 2.15. The SMILES string of the molecule is CCCCNC.CS(=O)[O-].Cn1cc2cc(-n3nc4c(I)cn(CC5CC5)c4c(-c4ccc(C5CC5)cc4)c3=O)ccc2n1.Cn1cc2cc(-n3nc4c(S(C)(=O)=O)cn(CC5CC5)c4c(-c4ccc(C5CC5)cc4)c3=O)ccc2n1.[Na+]. The number of fused-ring (bicyclic) bond motifs is 4. The number of aryl methyl sites for hydroxylation is 2. The van der Waals surface area contributed by atoms with Crippen LogP contribution >= 0.6 is 22.6 Å². The van der Waals surface area contributed by atoms with Gasteiger partial charge in [-0.15, -0.1) is 0 Å². The van der Waals surface area contributed by atoms with E-state index in [9.17, 15) is 18.0 Å². The van der Waals surface area contributed by atoms with E-state index in [4.69, 9.17) is 19.0 Å². The Bertz CT molecular complexity index is 4240. The van der Waals surface area contributed by atoms with Crippen LogP contribution in [0.5, 0.6) is 0 Å². The Labute approximate surface area is 515 Å². The quantitative estimate of drug-likeness (QED) is 0.0487. The monoisotopic (exact) mass is 1260 g/mol. The van der Waals surface area contributed by atoms with E-state index in [1.807, 2.05) is 80.6 Å². The van der Waals surface area contributed by atoms with Crippen LogP contribution in [-0.4, -0.2) is 91.5 Å². The number of hydrogen-bond acceptors (Lipinski definition) is 11. The first-order valence-corrected chi connectivity index (χ1v) is 32.3. The summed E-state index contributed by atoms with van der Waals surface area (Å²) >= 11 is 0.497. The van der Waals surface area contributed by atoms with Crippen LogP contribution in [0.25, 0.3) is 77.5 Å².